The van der Waals surface area contributed by atoms with Gasteiger partial charge in [0.1, 0.15) is 5.75 Å². The Morgan fingerprint density at radius 2 is 1.23 bits per heavy atom. The van der Waals surface area contributed by atoms with Gasteiger partial charge in [-0.25, -0.2) is 0 Å². The molecule has 170 valence electrons. The van der Waals surface area contributed by atoms with Crippen LogP contribution in [0.4, 0.5) is 0 Å². The van der Waals surface area contributed by atoms with Gasteiger partial charge in [0, 0.05) is 17.4 Å². The molecule has 1 heterocycles. The number of carbonyl (C=O) groups is 2. The average molecular weight is 459 g/mol. The van der Waals surface area contributed by atoms with E-state index in [2.05, 4.69) is 29.4 Å². The van der Waals surface area contributed by atoms with Crippen LogP contribution in [0.5, 0.6) is 5.75 Å². The van der Waals surface area contributed by atoms with E-state index in [-0.39, 0.29) is 23.7 Å². The lowest BCUT2D eigenvalue weighted by Crippen LogP contribution is -2.41. The lowest BCUT2D eigenvalue weighted by molar-refractivity contribution is -0.139. The van der Waals surface area contributed by atoms with Gasteiger partial charge in [0.2, 0.25) is 0 Å². The van der Waals surface area contributed by atoms with Crippen LogP contribution in [0.1, 0.15) is 39.7 Å². The van der Waals surface area contributed by atoms with E-state index in [1.165, 1.54) is 0 Å². The summed E-state index contributed by atoms with van der Waals surface area (Å²) >= 11 is 0. The Morgan fingerprint density at radius 3 is 1.77 bits per heavy atom. The van der Waals surface area contributed by atoms with Crippen molar-refractivity contribution in [3.8, 4) is 5.75 Å². The van der Waals surface area contributed by atoms with E-state index in [0.717, 1.165) is 43.6 Å². The smallest absolute Gasteiger partial charge is 0.254 e. The summed E-state index contributed by atoms with van der Waals surface area (Å²) < 4.78 is 5.57. The molecule has 0 saturated carbocycles. The molecule has 1 aliphatic heterocycles. The van der Waals surface area contributed by atoms with Crippen molar-refractivity contribution in [3.05, 3.63) is 113 Å². The SMILES string of the molecule is COc1ccc2ccccc2c1/C=N\N1C(=O)[C@@H]2C3c4ccccc4C(c4ccccc43)[C@H]2C1=O. The first kappa shape index (κ1) is 20.2. The highest BCUT2D eigenvalue weighted by Crippen LogP contribution is 2.60. The van der Waals surface area contributed by atoms with Gasteiger partial charge in [-0.2, -0.15) is 10.1 Å². The molecule has 0 N–H and O–H groups in total. The van der Waals surface area contributed by atoms with Crippen LogP contribution in [0.2, 0.25) is 0 Å². The summed E-state index contributed by atoms with van der Waals surface area (Å²) in [6, 6.07) is 28.2. The second-order valence-electron chi connectivity index (χ2n) is 9.40. The summed E-state index contributed by atoms with van der Waals surface area (Å²) in [5.41, 5.74) is 5.36. The van der Waals surface area contributed by atoms with Crippen LogP contribution in [-0.2, 0) is 9.59 Å². The number of amides is 2. The van der Waals surface area contributed by atoms with Gasteiger partial charge in [0.05, 0.1) is 25.2 Å². The summed E-state index contributed by atoms with van der Waals surface area (Å²) in [7, 11) is 1.61. The molecular formula is C30H22N2O3. The highest BCUT2D eigenvalue weighted by Gasteiger charge is 2.61. The normalized spacial score (nSPS) is 24.1. The first-order valence-electron chi connectivity index (χ1n) is 11.8. The third-order valence-corrected chi connectivity index (χ3v) is 7.88. The number of nitrogens with zero attached hydrogens (tertiary/aromatic N) is 2. The Kier molecular flexibility index (Phi) is 4.25. The molecule has 2 bridgehead atoms. The van der Waals surface area contributed by atoms with Crippen molar-refractivity contribution in [2.75, 3.05) is 7.11 Å². The number of rotatable bonds is 3. The summed E-state index contributed by atoms with van der Waals surface area (Å²) in [5.74, 6) is -0.970. The number of hydrazone groups is 1. The Bertz CT molecular complexity index is 1460. The van der Waals surface area contributed by atoms with E-state index in [4.69, 9.17) is 4.74 Å². The lowest BCUT2D eigenvalue weighted by atomic mass is 9.55. The van der Waals surface area contributed by atoms with E-state index in [9.17, 15) is 9.59 Å². The molecule has 5 nitrogen and oxygen atoms in total. The van der Waals surface area contributed by atoms with Gasteiger partial charge in [0.25, 0.3) is 11.8 Å². The fraction of sp³-hybridized carbons (Fsp3) is 0.167. The summed E-state index contributed by atoms with van der Waals surface area (Å²) in [6.07, 6.45) is 1.59. The fourth-order valence-corrected chi connectivity index (χ4v) is 6.48. The number of benzene rings is 4. The predicted octanol–water partition coefficient (Wildman–Crippen LogP) is 5.07. The van der Waals surface area contributed by atoms with E-state index in [1.54, 1.807) is 13.3 Å². The third-order valence-electron chi connectivity index (χ3n) is 7.88. The molecule has 8 rings (SSSR count). The van der Waals surface area contributed by atoms with Crippen LogP contribution < -0.4 is 4.74 Å². The van der Waals surface area contributed by atoms with Crippen molar-refractivity contribution in [1.82, 2.24) is 5.01 Å². The Balaban J connectivity index is 1.34. The minimum atomic E-state index is -0.441. The van der Waals surface area contributed by atoms with Gasteiger partial charge in [-0.05, 0) is 39.1 Å². The molecular weight excluding hydrogens is 436 g/mol. The van der Waals surface area contributed by atoms with Gasteiger partial charge in [0.15, 0.2) is 0 Å². The minimum Gasteiger partial charge on any atom is -0.496 e. The maximum absolute atomic E-state index is 13.8. The van der Waals surface area contributed by atoms with Crippen LogP contribution in [0.25, 0.3) is 10.8 Å². The van der Waals surface area contributed by atoms with Crippen LogP contribution in [0.15, 0.2) is 90.0 Å². The van der Waals surface area contributed by atoms with Gasteiger partial charge in [-0.15, -0.1) is 0 Å². The fourth-order valence-electron chi connectivity index (χ4n) is 6.48. The number of methoxy groups -OCH3 is 1. The number of hydrogen-bond donors (Lipinski definition) is 0. The standard InChI is InChI=1S/C30H22N2O3/c1-35-24-15-14-17-8-2-3-9-18(17)23(24)16-31-32-29(33)27-25-19-10-4-5-11-20(19)26(28(27)30(32)34)22-13-7-6-12-21(22)25/h2-16,25-28H,1H3/b31-16-/t25?,26?,27-,28-/m1/s1. The molecule has 4 aromatic carbocycles. The molecule has 0 spiro atoms. The van der Waals surface area contributed by atoms with Crippen LogP contribution >= 0.6 is 0 Å². The van der Waals surface area contributed by atoms with Crippen molar-refractivity contribution in [2.45, 2.75) is 11.8 Å². The Labute approximate surface area is 202 Å². The molecule has 0 radical (unpaired) electrons. The van der Waals surface area contributed by atoms with Crippen molar-refractivity contribution in [1.29, 1.82) is 0 Å². The molecule has 5 heteroatoms. The number of hydrogen-bond acceptors (Lipinski definition) is 4. The Hall–Kier alpha value is -4.25. The third kappa shape index (κ3) is 2.66. The van der Waals surface area contributed by atoms with Crippen LogP contribution in [0.3, 0.4) is 0 Å². The van der Waals surface area contributed by atoms with Crippen molar-refractivity contribution < 1.29 is 14.3 Å². The van der Waals surface area contributed by atoms with Gasteiger partial charge >= 0.3 is 0 Å². The minimum absolute atomic E-state index is 0.138. The maximum atomic E-state index is 13.8. The topological polar surface area (TPSA) is 59.0 Å². The molecule has 0 aromatic heterocycles. The molecule has 4 aromatic rings. The second-order valence-corrected chi connectivity index (χ2v) is 9.40. The molecule has 3 aliphatic carbocycles. The molecule has 4 aliphatic rings. The van der Waals surface area contributed by atoms with E-state index in [0.29, 0.717) is 5.75 Å². The second kappa shape index (κ2) is 7.37. The number of ether oxygens (including phenoxy) is 1. The molecule has 1 saturated heterocycles. The summed E-state index contributed by atoms with van der Waals surface area (Å²) in [6.45, 7) is 0. The summed E-state index contributed by atoms with van der Waals surface area (Å²) in [5, 5.41) is 7.58. The number of fused-ring (bicyclic) bond motifs is 1. The zero-order valence-electron chi connectivity index (χ0n) is 19.1. The van der Waals surface area contributed by atoms with Crippen molar-refractivity contribution >= 4 is 28.8 Å². The van der Waals surface area contributed by atoms with Crippen LogP contribution in [0, 0.1) is 11.8 Å². The van der Waals surface area contributed by atoms with Crippen LogP contribution in [-0.4, -0.2) is 30.1 Å². The first-order valence-corrected chi connectivity index (χ1v) is 11.8. The number of carbonyl (C=O) groups excluding carboxylic acids is 2. The van der Waals surface area contributed by atoms with E-state index in [1.807, 2.05) is 60.7 Å². The molecule has 2 amide bonds. The molecule has 35 heavy (non-hydrogen) atoms. The quantitative estimate of drug-likeness (QED) is 0.318. The average Bonchev–Trinajstić information content (AvgIpc) is 3.17. The zero-order valence-corrected chi connectivity index (χ0v) is 19.1. The molecule has 1 fully saturated rings. The first-order chi connectivity index (χ1) is 17.2. The van der Waals surface area contributed by atoms with Gasteiger partial charge < -0.3 is 4.74 Å². The lowest BCUT2D eigenvalue weighted by Gasteiger charge is -2.45. The van der Waals surface area contributed by atoms with Crippen molar-refractivity contribution in [3.63, 3.8) is 0 Å². The highest BCUT2D eigenvalue weighted by molar-refractivity contribution is 6.09. The van der Waals surface area contributed by atoms with Gasteiger partial charge in [-0.1, -0.05) is 78.9 Å². The largest absolute Gasteiger partial charge is 0.496 e. The van der Waals surface area contributed by atoms with Crippen molar-refractivity contribution in [2.24, 2.45) is 16.9 Å². The molecule has 0 unspecified atom stereocenters. The monoisotopic (exact) mass is 458 g/mol. The van der Waals surface area contributed by atoms with Gasteiger partial charge in [-0.3, -0.25) is 9.59 Å². The van der Waals surface area contributed by atoms with E-state index < -0.39 is 11.8 Å². The zero-order chi connectivity index (χ0) is 23.7. The maximum Gasteiger partial charge on any atom is 0.254 e. The molecule has 2 atom stereocenters. The summed E-state index contributed by atoms with van der Waals surface area (Å²) in [4.78, 5) is 27.5. The predicted molar refractivity (Wildman–Crippen MR) is 133 cm³/mol. The number of imide groups is 1. The van der Waals surface area contributed by atoms with E-state index >= 15 is 0 Å². The highest BCUT2D eigenvalue weighted by atomic mass is 16.5. The Morgan fingerprint density at radius 1 is 0.714 bits per heavy atom.